The molecule has 0 spiro atoms. The maximum absolute atomic E-state index is 13.4. The molecule has 2 N–H and O–H groups in total. The number of carbonyl (C=O) groups is 2. The molecule has 6 heterocycles. The number of nitrogens with zero attached hydrogens (tertiary/aromatic N) is 4. The molecular formula is C23H24N6O3S. The van der Waals surface area contributed by atoms with E-state index < -0.39 is 0 Å². The molecular weight excluding hydrogens is 440 g/mol. The summed E-state index contributed by atoms with van der Waals surface area (Å²) >= 11 is 1.37. The first kappa shape index (κ1) is 20.2. The molecule has 170 valence electrons. The summed E-state index contributed by atoms with van der Waals surface area (Å²) in [6, 6.07) is 5.46. The number of piperidine rings is 1. The zero-order chi connectivity index (χ0) is 22.7. The molecule has 0 saturated carbocycles. The van der Waals surface area contributed by atoms with Gasteiger partial charge in [0.05, 0.1) is 33.2 Å². The highest BCUT2D eigenvalue weighted by molar-refractivity contribution is 7.18. The van der Waals surface area contributed by atoms with Crippen LogP contribution in [0, 0.1) is 5.92 Å². The minimum Gasteiger partial charge on any atom is -0.346 e. The lowest BCUT2D eigenvalue weighted by molar-refractivity contribution is -0.117. The van der Waals surface area contributed by atoms with E-state index in [2.05, 4.69) is 21.9 Å². The number of aromatic amines is 2. The van der Waals surface area contributed by atoms with Crippen molar-refractivity contribution in [3.63, 3.8) is 0 Å². The number of amides is 2. The first-order chi connectivity index (χ1) is 16.0. The Balaban J connectivity index is 1.32. The van der Waals surface area contributed by atoms with Crippen LogP contribution in [0.15, 0.2) is 35.4 Å². The van der Waals surface area contributed by atoms with Gasteiger partial charge in [0.15, 0.2) is 0 Å². The minimum atomic E-state index is -0.183. The quantitative estimate of drug-likeness (QED) is 0.486. The topological polar surface area (TPSA) is 107 Å². The van der Waals surface area contributed by atoms with E-state index in [0.717, 1.165) is 34.4 Å². The highest BCUT2D eigenvalue weighted by atomic mass is 32.1. The van der Waals surface area contributed by atoms with Gasteiger partial charge in [-0.2, -0.15) is 0 Å². The molecule has 10 heteroatoms. The summed E-state index contributed by atoms with van der Waals surface area (Å²) < 4.78 is 1.81. The van der Waals surface area contributed by atoms with E-state index in [1.165, 1.54) is 11.3 Å². The van der Waals surface area contributed by atoms with Gasteiger partial charge in [-0.1, -0.05) is 6.92 Å². The van der Waals surface area contributed by atoms with Gasteiger partial charge in [-0.05, 0) is 37.0 Å². The summed E-state index contributed by atoms with van der Waals surface area (Å²) in [7, 11) is 0. The third-order valence-corrected chi connectivity index (χ3v) is 8.04. The number of carbonyl (C=O) groups excluding carboxylic acids is 2. The molecule has 2 amide bonds. The van der Waals surface area contributed by atoms with Gasteiger partial charge >= 0.3 is 5.69 Å². The Morgan fingerprint density at radius 2 is 2.09 bits per heavy atom. The van der Waals surface area contributed by atoms with Crippen LogP contribution in [-0.4, -0.2) is 55.9 Å². The van der Waals surface area contributed by atoms with Gasteiger partial charge in [-0.15, -0.1) is 11.3 Å². The third kappa shape index (κ3) is 3.19. The Morgan fingerprint density at radius 1 is 1.21 bits per heavy atom. The summed E-state index contributed by atoms with van der Waals surface area (Å²) in [5, 5.41) is 1.72. The average molecular weight is 465 g/mol. The van der Waals surface area contributed by atoms with Crippen LogP contribution in [0.2, 0.25) is 0 Å². The average Bonchev–Trinajstić information content (AvgIpc) is 3.59. The molecule has 6 rings (SSSR count). The van der Waals surface area contributed by atoms with Crippen LogP contribution in [0.3, 0.4) is 0 Å². The lowest BCUT2D eigenvalue weighted by Gasteiger charge is -2.37. The van der Waals surface area contributed by atoms with E-state index in [1.807, 2.05) is 29.3 Å². The zero-order valence-electron chi connectivity index (χ0n) is 18.2. The predicted octanol–water partition coefficient (Wildman–Crippen LogP) is 3.12. The third-order valence-electron chi connectivity index (χ3n) is 6.94. The lowest BCUT2D eigenvalue weighted by Crippen LogP contribution is -2.45. The Bertz CT molecular complexity index is 1450. The highest BCUT2D eigenvalue weighted by Gasteiger charge is 2.34. The van der Waals surface area contributed by atoms with Gasteiger partial charge in [0, 0.05) is 37.6 Å². The van der Waals surface area contributed by atoms with Crippen LogP contribution in [0.4, 0.5) is 5.00 Å². The number of thiophene rings is 1. The molecule has 2 fully saturated rings. The second-order valence-electron chi connectivity index (χ2n) is 8.93. The van der Waals surface area contributed by atoms with E-state index in [-0.39, 0.29) is 29.5 Å². The largest absolute Gasteiger partial charge is 0.346 e. The van der Waals surface area contributed by atoms with Gasteiger partial charge in [0.25, 0.3) is 5.91 Å². The molecule has 33 heavy (non-hydrogen) atoms. The monoisotopic (exact) mass is 464 g/mol. The summed E-state index contributed by atoms with van der Waals surface area (Å²) in [6.45, 7) is 3.94. The molecule has 4 aromatic rings. The van der Waals surface area contributed by atoms with Crippen LogP contribution in [0.5, 0.6) is 0 Å². The molecule has 2 saturated heterocycles. The van der Waals surface area contributed by atoms with Crippen molar-refractivity contribution in [3.05, 3.63) is 46.0 Å². The van der Waals surface area contributed by atoms with Crippen molar-refractivity contribution in [2.75, 3.05) is 24.5 Å². The second kappa shape index (κ2) is 7.58. The van der Waals surface area contributed by atoms with Crippen molar-refractivity contribution in [3.8, 4) is 0 Å². The Morgan fingerprint density at radius 3 is 2.91 bits per heavy atom. The van der Waals surface area contributed by atoms with Crippen LogP contribution in [-0.2, 0) is 4.79 Å². The smallest absolute Gasteiger partial charge is 0.326 e. The molecule has 2 atom stereocenters. The Hall–Kier alpha value is -3.40. The van der Waals surface area contributed by atoms with Crippen molar-refractivity contribution in [1.82, 2.24) is 24.4 Å². The van der Waals surface area contributed by atoms with Gasteiger partial charge in [-0.25, -0.2) is 9.78 Å². The Kier molecular flexibility index (Phi) is 4.65. The van der Waals surface area contributed by atoms with Gasteiger partial charge in [0.1, 0.15) is 5.65 Å². The molecule has 9 nitrogen and oxygen atoms in total. The normalized spacial score (nSPS) is 21.5. The molecule has 0 bridgehead atoms. The molecule has 0 aliphatic carbocycles. The number of rotatable bonds is 3. The van der Waals surface area contributed by atoms with E-state index in [0.29, 0.717) is 36.4 Å². The molecule has 0 radical (unpaired) electrons. The second-order valence-corrected chi connectivity index (χ2v) is 9.99. The lowest BCUT2D eigenvalue weighted by atomic mass is 9.93. The molecule has 2 aliphatic heterocycles. The zero-order valence-corrected chi connectivity index (χ0v) is 19.0. The van der Waals surface area contributed by atoms with Gasteiger partial charge in [-0.3, -0.25) is 14.2 Å². The van der Waals surface area contributed by atoms with E-state index >= 15 is 0 Å². The van der Waals surface area contributed by atoms with Crippen LogP contribution >= 0.6 is 11.3 Å². The number of nitrogens with one attached hydrogen (secondary N) is 2. The molecule has 2 aliphatic rings. The predicted molar refractivity (Wildman–Crippen MR) is 127 cm³/mol. The summed E-state index contributed by atoms with van der Waals surface area (Å²) in [6.07, 6.45) is 5.72. The number of aromatic nitrogens is 4. The van der Waals surface area contributed by atoms with Crippen LogP contribution < -0.4 is 10.6 Å². The van der Waals surface area contributed by atoms with Crippen LogP contribution in [0.1, 0.15) is 41.9 Å². The van der Waals surface area contributed by atoms with Crippen molar-refractivity contribution < 1.29 is 9.59 Å². The fourth-order valence-corrected chi connectivity index (χ4v) is 6.15. The number of anilines is 1. The van der Waals surface area contributed by atoms with Crippen LogP contribution in [0.25, 0.3) is 22.1 Å². The number of H-pyrrole nitrogens is 2. The number of hydrogen-bond acceptors (Lipinski definition) is 5. The van der Waals surface area contributed by atoms with E-state index in [1.54, 1.807) is 15.7 Å². The van der Waals surface area contributed by atoms with Crippen molar-refractivity contribution >= 4 is 50.2 Å². The number of pyridine rings is 1. The standard InChI is InChI=1S/C23H24N6O3S/c1-13-7-10-27(22(31)17-4-5-19(33-17)28-9-2-3-18(28)30)12-16(13)29-20-14-6-8-24-21(14)25-11-15(20)26-23(29)32/h4-6,8,11,13,16H,2-3,7,9-10,12H2,1H3,(H,24,25)(H,26,32)/t13-,16+/m1/s1. The Labute approximate surface area is 193 Å². The minimum absolute atomic E-state index is 0.0452. The van der Waals surface area contributed by atoms with Crippen molar-refractivity contribution in [1.29, 1.82) is 0 Å². The van der Waals surface area contributed by atoms with Crippen molar-refractivity contribution in [2.24, 2.45) is 5.92 Å². The van der Waals surface area contributed by atoms with E-state index in [4.69, 9.17) is 0 Å². The summed E-state index contributed by atoms with van der Waals surface area (Å²) in [5.74, 6) is 0.303. The molecule has 4 aromatic heterocycles. The van der Waals surface area contributed by atoms with Gasteiger partial charge in [0.2, 0.25) is 5.91 Å². The summed E-state index contributed by atoms with van der Waals surface area (Å²) in [4.78, 5) is 53.1. The first-order valence-corrected chi connectivity index (χ1v) is 12.1. The molecule has 0 aromatic carbocycles. The number of fused-ring (bicyclic) bond motifs is 3. The SMILES string of the molecule is C[C@@H]1CCN(C(=O)c2ccc(N3CCCC3=O)s2)C[C@@H]1n1c(=O)[nH]c2cnc3[nH]ccc3c21. The maximum atomic E-state index is 13.4. The fourth-order valence-electron chi connectivity index (χ4n) is 5.13. The maximum Gasteiger partial charge on any atom is 0.326 e. The number of likely N-dealkylation sites (tertiary alicyclic amines) is 1. The number of hydrogen-bond donors (Lipinski definition) is 2. The van der Waals surface area contributed by atoms with Crippen molar-refractivity contribution in [2.45, 2.75) is 32.2 Å². The first-order valence-electron chi connectivity index (χ1n) is 11.3. The van der Waals surface area contributed by atoms with E-state index in [9.17, 15) is 14.4 Å². The van der Waals surface area contributed by atoms with Gasteiger partial charge < -0.3 is 19.8 Å². The number of imidazole rings is 1. The highest BCUT2D eigenvalue weighted by Crippen LogP contribution is 2.34. The molecule has 0 unspecified atom stereocenters. The fraction of sp³-hybridized carbons (Fsp3) is 0.391. The summed E-state index contributed by atoms with van der Waals surface area (Å²) in [5.41, 5.74) is 2.07.